The van der Waals surface area contributed by atoms with Gasteiger partial charge in [-0.3, -0.25) is 0 Å². The van der Waals surface area contributed by atoms with Crippen molar-refractivity contribution in [3.8, 4) is 11.1 Å². The topological polar surface area (TPSA) is 18.5 Å². The molecule has 0 atom stereocenters. The molecule has 0 unspecified atom stereocenters. The molecule has 0 radical (unpaired) electrons. The molecule has 0 amide bonds. The summed E-state index contributed by atoms with van der Waals surface area (Å²) < 4.78 is 10.1. The van der Waals surface area contributed by atoms with Gasteiger partial charge in [0.1, 0.15) is 0 Å². The Morgan fingerprint density at radius 1 is 0.800 bits per heavy atom. The Labute approximate surface area is 121 Å². The monoisotopic (exact) mass is 270 g/mol. The molecule has 0 bridgehead atoms. The van der Waals surface area contributed by atoms with E-state index in [-0.39, 0.29) is 6.29 Å². The van der Waals surface area contributed by atoms with Gasteiger partial charge in [-0.1, -0.05) is 60.2 Å². The highest BCUT2D eigenvalue weighted by Gasteiger charge is 2.05. The average Bonchev–Trinajstić information content (AvgIpc) is 2.50. The summed E-state index contributed by atoms with van der Waals surface area (Å²) in [7, 11) is 0. The maximum atomic E-state index is 5.06. The normalized spacial score (nSPS) is 15.3. The van der Waals surface area contributed by atoms with Gasteiger partial charge in [0.05, 0.1) is 13.2 Å². The van der Waals surface area contributed by atoms with Crippen molar-refractivity contribution in [1.82, 2.24) is 0 Å². The zero-order valence-electron chi connectivity index (χ0n) is 12.2. The molecule has 1 saturated heterocycles. The van der Waals surface area contributed by atoms with E-state index in [2.05, 4.69) is 55.5 Å². The quantitative estimate of drug-likeness (QED) is 0.763. The molecule has 0 N–H and O–H groups in total. The zero-order chi connectivity index (χ0) is 14.2. The summed E-state index contributed by atoms with van der Waals surface area (Å²) in [5, 5.41) is 0. The van der Waals surface area contributed by atoms with E-state index in [1.165, 1.54) is 16.7 Å². The lowest BCUT2D eigenvalue weighted by molar-refractivity contribution is -0.167. The van der Waals surface area contributed by atoms with Crippen LogP contribution in [0, 0.1) is 6.92 Å². The van der Waals surface area contributed by atoms with Crippen LogP contribution in [0.15, 0.2) is 54.6 Å². The molecule has 1 aliphatic rings. The summed E-state index contributed by atoms with van der Waals surface area (Å²) >= 11 is 0. The molecule has 20 heavy (non-hydrogen) atoms. The molecule has 3 rings (SSSR count). The largest absolute Gasteiger partial charge is 0.353 e. The number of ether oxygens (including phenoxy) is 2. The second-order valence-corrected chi connectivity index (χ2v) is 4.89. The molecule has 1 fully saturated rings. The zero-order valence-corrected chi connectivity index (χ0v) is 12.2. The minimum Gasteiger partial charge on any atom is -0.353 e. The van der Waals surface area contributed by atoms with Gasteiger partial charge in [0.15, 0.2) is 6.29 Å². The molecule has 106 valence electrons. The predicted molar refractivity (Wildman–Crippen MR) is 82.6 cm³/mol. The van der Waals surface area contributed by atoms with Crippen molar-refractivity contribution < 1.29 is 9.47 Å². The van der Waals surface area contributed by atoms with Crippen molar-refractivity contribution in [2.45, 2.75) is 26.6 Å². The van der Waals surface area contributed by atoms with Crippen LogP contribution in [-0.4, -0.2) is 19.5 Å². The van der Waals surface area contributed by atoms with Crippen LogP contribution in [0.3, 0.4) is 0 Å². The van der Waals surface area contributed by atoms with E-state index in [1.54, 1.807) is 0 Å². The van der Waals surface area contributed by atoms with Crippen molar-refractivity contribution in [2.24, 2.45) is 0 Å². The van der Waals surface area contributed by atoms with E-state index < -0.39 is 0 Å². The summed E-state index contributed by atoms with van der Waals surface area (Å²) in [5.41, 5.74) is 3.87. The molecule has 0 aromatic heterocycles. The lowest BCUT2D eigenvalue weighted by atomic mass is 10.0. The Morgan fingerprint density at radius 2 is 1.35 bits per heavy atom. The number of rotatable bonds is 1. The molecule has 2 aromatic carbocycles. The Morgan fingerprint density at radius 3 is 1.85 bits per heavy atom. The first-order valence-electron chi connectivity index (χ1n) is 7.11. The molecule has 1 aliphatic heterocycles. The van der Waals surface area contributed by atoms with Crippen LogP contribution < -0.4 is 0 Å². The summed E-state index contributed by atoms with van der Waals surface area (Å²) in [4.78, 5) is 0. The second-order valence-electron chi connectivity index (χ2n) is 4.89. The molecule has 0 saturated carbocycles. The summed E-state index contributed by atoms with van der Waals surface area (Å²) in [5.74, 6) is 0. The van der Waals surface area contributed by atoms with Gasteiger partial charge in [0.2, 0.25) is 0 Å². The fourth-order valence-electron chi connectivity index (χ4n) is 1.98. The van der Waals surface area contributed by atoms with Crippen LogP contribution in [0.4, 0.5) is 0 Å². The number of aryl methyl sites for hydroxylation is 1. The third-order valence-electron chi connectivity index (χ3n) is 3.15. The highest BCUT2D eigenvalue weighted by atomic mass is 16.7. The lowest BCUT2D eigenvalue weighted by Gasteiger charge is -2.18. The molecular weight excluding hydrogens is 248 g/mol. The van der Waals surface area contributed by atoms with Gasteiger partial charge < -0.3 is 9.47 Å². The van der Waals surface area contributed by atoms with Crippen LogP contribution in [0.2, 0.25) is 0 Å². The van der Waals surface area contributed by atoms with Crippen molar-refractivity contribution in [1.29, 1.82) is 0 Å². The maximum Gasteiger partial charge on any atom is 0.154 e. The Hall–Kier alpha value is -1.64. The molecular formula is C18H22O2. The number of hydrogen-bond acceptors (Lipinski definition) is 2. The average molecular weight is 270 g/mol. The fourth-order valence-corrected chi connectivity index (χ4v) is 1.98. The summed E-state index contributed by atoms with van der Waals surface area (Å²) in [6.07, 6.45) is 1.08. The van der Waals surface area contributed by atoms with Crippen LogP contribution in [-0.2, 0) is 9.47 Å². The molecule has 2 aromatic rings. The van der Waals surface area contributed by atoms with Crippen molar-refractivity contribution in [3.63, 3.8) is 0 Å². The van der Waals surface area contributed by atoms with E-state index in [4.69, 9.17) is 9.47 Å². The summed E-state index contributed by atoms with van der Waals surface area (Å²) in [6.45, 7) is 5.75. The Bertz CT molecular complexity index is 485. The van der Waals surface area contributed by atoms with Crippen LogP contribution >= 0.6 is 0 Å². The van der Waals surface area contributed by atoms with E-state index in [0.29, 0.717) is 0 Å². The number of benzene rings is 2. The molecule has 0 spiro atoms. The fraction of sp³-hybridized carbons (Fsp3) is 0.333. The van der Waals surface area contributed by atoms with Gasteiger partial charge in [-0.25, -0.2) is 0 Å². The predicted octanol–water partition coefficient (Wildman–Crippen LogP) is 4.43. The van der Waals surface area contributed by atoms with Crippen LogP contribution in [0.25, 0.3) is 11.1 Å². The van der Waals surface area contributed by atoms with Crippen LogP contribution in [0.5, 0.6) is 0 Å². The standard InChI is InChI=1S/C13H12.C5H10O2/c1-11-7-9-13(10-8-11)12-5-3-2-4-6-12;1-5-6-3-2-4-7-5/h2-10H,1H3;5H,2-4H2,1H3. The van der Waals surface area contributed by atoms with Gasteiger partial charge in [0, 0.05) is 0 Å². The first-order chi connectivity index (χ1) is 9.75. The Kier molecular flexibility index (Phi) is 5.78. The van der Waals surface area contributed by atoms with Gasteiger partial charge >= 0.3 is 0 Å². The van der Waals surface area contributed by atoms with E-state index in [0.717, 1.165) is 19.6 Å². The van der Waals surface area contributed by atoms with E-state index in [1.807, 2.05) is 13.0 Å². The first-order valence-corrected chi connectivity index (χ1v) is 7.11. The minimum absolute atomic E-state index is 0.0359. The van der Waals surface area contributed by atoms with E-state index in [9.17, 15) is 0 Å². The maximum absolute atomic E-state index is 5.06. The third-order valence-corrected chi connectivity index (χ3v) is 3.15. The SMILES string of the molecule is CC1OCCCO1.Cc1ccc(-c2ccccc2)cc1. The molecule has 2 heteroatoms. The number of hydrogen-bond donors (Lipinski definition) is 0. The van der Waals surface area contributed by atoms with Crippen molar-refractivity contribution in [3.05, 3.63) is 60.2 Å². The van der Waals surface area contributed by atoms with Gasteiger partial charge in [-0.15, -0.1) is 0 Å². The van der Waals surface area contributed by atoms with E-state index >= 15 is 0 Å². The van der Waals surface area contributed by atoms with Crippen molar-refractivity contribution in [2.75, 3.05) is 13.2 Å². The third kappa shape index (κ3) is 4.80. The molecule has 0 aliphatic carbocycles. The second kappa shape index (κ2) is 7.83. The molecule has 1 heterocycles. The Balaban J connectivity index is 0.000000178. The first kappa shape index (κ1) is 14.8. The lowest BCUT2D eigenvalue weighted by Crippen LogP contribution is -2.21. The van der Waals surface area contributed by atoms with Crippen molar-refractivity contribution >= 4 is 0 Å². The van der Waals surface area contributed by atoms with Crippen LogP contribution in [0.1, 0.15) is 18.9 Å². The smallest absolute Gasteiger partial charge is 0.154 e. The van der Waals surface area contributed by atoms with Gasteiger partial charge in [0.25, 0.3) is 0 Å². The van der Waals surface area contributed by atoms with Gasteiger partial charge in [-0.05, 0) is 31.4 Å². The molecule has 2 nitrogen and oxygen atoms in total. The minimum atomic E-state index is 0.0359. The highest BCUT2D eigenvalue weighted by molar-refractivity contribution is 5.63. The summed E-state index contributed by atoms with van der Waals surface area (Å²) in [6, 6.07) is 19.0. The van der Waals surface area contributed by atoms with Gasteiger partial charge in [-0.2, -0.15) is 0 Å². The highest BCUT2D eigenvalue weighted by Crippen LogP contribution is 2.18.